The first kappa shape index (κ1) is 14.0. The first-order valence-corrected chi connectivity index (χ1v) is 7.65. The van der Waals surface area contributed by atoms with E-state index in [9.17, 15) is 8.42 Å². The van der Waals surface area contributed by atoms with Gasteiger partial charge in [-0.3, -0.25) is 4.98 Å². The van der Waals surface area contributed by atoms with Gasteiger partial charge < -0.3 is 5.73 Å². The predicted octanol–water partition coefficient (Wildman–Crippen LogP) is 0.326. The molecule has 1 aliphatic carbocycles. The normalized spacial score (nSPS) is 21.6. The van der Waals surface area contributed by atoms with Gasteiger partial charge in [0.1, 0.15) is 4.90 Å². The van der Waals surface area contributed by atoms with Gasteiger partial charge in [0.05, 0.1) is 6.54 Å². The first-order valence-electron chi connectivity index (χ1n) is 6.16. The summed E-state index contributed by atoms with van der Waals surface area (Å²) in [5.74, 6) is 6.52. The fraction of sp³-hybridized carbons (Fsp3) is 0.462. The van der Waals surface area contributed by atoms with E-state index in [0.717, 1.165) is 6.42 Å². The molecule has 1 aromatic heterocycles. The van der Waals surface area contributed by atoms with Crippen molar-refractivity contribution in [3.8, 4) is 11.8 Å². The minimum absolute atomic E-state index is 0.143. The molecule has 0 saturated heterocycles. The van der Waals surface area contributed by atoms with E-state index >= 15 is 0 Å². The van der Waals surface area contributed by atoms with Crippen LogP contribution in [0, 0.1) is 23.7 Å². The molecule has 5 nitrogen and oxygen atoms in total. The molecule has 1 heterocycles. The van der Waals surface area contributed by atoms with Crippen LogP contribution in [-0.2, 0) is 10.0 Å². The second-order valence-electron chi connectivity index (χ2n) is 4.74. The Labute approximate surface area is 113 Å². The van der Waals surface area contributed by atoms with Crippen LogP contribution in [0.5, 0.6) is 0 Å². The molecule has 1 aliphatic rings. The number of hydrogen-bond acceptors (Lipinski definition) is 4. The number of nitrogens with two attached hydrogens (primary N) is 1. The highest BCUT2D eigenvalue weighted by atomic mass is 32.2. The molecule has 1 aromatic rings. The van der Waals surface area contributed by atoms with Gasteiger partial charge in [0.2, 0.25) is 10.0 Å². The Morgan fingerprint density at radius 3 is 2.89 bits per heavy atom. The Morgan fingerprint density at radius 1 is 1.53 bits per heavy atom. The molecular formula is C13H17N3O2S. The Morgan fingerprint density at radius 2 is 2.26 bits per heavy atom. The summed E-state index contributed by atoms with van der Waals surface area (Å²) in [6.45, 7) is 2.83. The molecule has 0 aliphatic heterocycles. The maximum absolute atomic E-state index is 12.1. The summed E-state index contributed by atoms with van der Waals surface area (Å²) in [5.41, 5.74) is 5.83. The summed E-state index contributed by atoms with van der Waals surface area (Å²) in [6.07, 6.45) is 3.93. The van der Waals surface area contributed by atoms with Gasteiger partial charge in [-0.15, -0.1) is 0 Å². The van der Waals surface area contributed by atoms with Crippen molar-refractivity contribution < 1.29 is 8.42 Å². The van der Waals surface area contributed by atoms with Crippen molar-refractivity contribution in [3.05, 3.63) is 24.0 Å². The van der Waals surface area contributed by atoms with Crippen molar-refractivity contribution in [3.63, 3.8) is 0 Å². The molecule has 0 amide bonds. The van der Waals surface area contributed by atoms with Crippen molar-refractivity contribution in [2.24, 2.45) is 17.6 Å². The van der Waals surface area contributed by atoms with Gasteiger partial charge in [-0.1, -0.05) is 18.8 Å². The lowest BCUT2D eigenvalue weighted by Crippen LogP contribution is -2.26. The average Bonchev–Trinajstić information content (AvgIpc) is 3.11. The van der Waals surface area contributed by atoms with Gasteiger partial charge in [-0.2, -0.15) is 0 Å². The largest absolute Gasteiger partial charge is 0.320 e. The molecular weight excluding hydrogens is 262 g/mol. The molecule has 0 spiro atoms. The van der Waals surface area contributed by atoms with E-state index in [0.29, 0.717) is 23.9 Å². The molecule has 0 radical (unpaired) electrons. The number of nitrogens with zero attached hydrogens (tertiary/aromatic N) is 1. The molecule has 0 aromatic carbocycles. The smallest absolute Gasteiger partial charge is 0.242 e. The molecule has 19 heavy (non-hydrogen) atoms. The van der Waals surface area contributed by atoms with E-state index in [4.69, 9.17) is 5.73 Å². The van der Waals surface area contributed by atoms with E-state index in [2.05, 4.69) is 28.5 Å². The highest BCUT2D eigenvalue weighted by molar-refractivity contribution is 7.89. The zero-order chi connectivity index (χ0) is 13.9. The van der Waals surface area contributed by atoms with E-state index in [-0.39, 0.29) is 11.4 Å². The minimum atomic E-state index is -3.50. The second-order valence-corrected chi connectivity index (χ2v) is 6.51. The fourth-order valence-electron chi connectivity index (χ4n) is 1.77. The number of sulfonamides is 1. The lowest BCUT2D eigenvalue weighted by molar-refractivity contribution is 0.574. The summed E-state index contributed by atoms with van der Waals surface area (Å²) in [4.78, 5) is 4.04. The summed E-state index contributed by atoms with van der Waals surface area (Å²) < 4.78 is 26.8. The summed E-state index contributed by atoms with van der Waals surface area (Å²) in [7, 11) is -3.50. The average molecular weight is 279 g/mol. The molecule has 0 bridgehead atoms. The quantitative estimate of drug-likeness (QED) is 0.778. The molecule has 2 atom stereocenters. The number of pyridine rings is 1. The standard InChI is InChI=1S/C13H17N3O2S/c1-10-5-12(10)8-16-19(17,18)13-6-11(3-2-4-14)7-15-9-13/h6-7,9-10,12,16H,4-5,8,14H2,1H3. The van der Waals surface area contributed by atoms with Crippen molar-refractivity contribution >= 4 is 10.0 Å². The monoisotopic (exact) mass is 279 g/mol. The zero-order valence-corrected chi connectivity index (χ0v) is 11.6. The third-order valence-electron chi connectivity index (χ3n) is 3.17. The lowest BCUT2D eigenvalue weighted by atomic mass is 10.3. The predicted molar refractivity (Wildman–Crippen MR) is 72.6 cm³/mol. The van der Waals surface area contributed by atoms with Gasteiger partial charge in [0.25, 0.3) is 0 Å². The number of aromatic nitrogens is 1. The van der Waals surface area contributed by atoms with Crippen LogP contribution in [0.2, 0.25) is 0 Å². The molecule has 3 N–H and O–H groups in total. The Hall–Kier alpha value is -1.42. The fourth-order valence-corrected chi connectivity index (χ4v) is 2.85. The van der Waals surface area contributed by atoms with E-state index < -0.39 is 10.0 Å². The van der Waals surface area contributed by atoms with Gasteiger partial charge in [0.15, 0.2) is 0 Å². The number of hydrogen-bond donors (Lipinski definition) is 2. The Balaban J connectivity index is 2.10. The van der Waals surface area contributed by atoms with Crippen LogP contribution >= 0.6 is 0 Å². The third kappa shape index (κ3) is 3.77. The van der Waals surface area contributed by atoms with Gasteiger partial charge >= 0.3 is 0 Å². The summed E-state index contributed by atoms with van der Waals surface area (Å²) >= 11 is 0. The molecule has 6 heteroatoms. The topological polar surface area (TPSA) is 85.1 Å². The van der Waals surface area contributed by atoms with Crippen LogP contribution in [-0.4, -0.2) is 26.5 Å². The lowest BCUT2D eigenvalue weighted by Gasteiger charge is -2.06. The van der Waals surface area contributed by atoms with Crippen molar-refractivity contribution in [1.82, 2.24) is 9.71 Å². The van der Waals surface area contributed by atoms with Crippen LogP contribution in [0.15, 0.2) is 23.4 Å². The molecule has 1 fully saturated rings. The van der Waals surface area contributed by atoms with Gasteiger partial charge in [-0.05, 0) is 24.3 Å². The Bertz CT molecular complexity index is 616. The maximum Gasteiger partial charge on any atom is 0.242 e. The molecule has 2 unspecified atom stereocenters. The van der Waals surface area contributed by atoms with Gasteiger partial charge in [0, 0.05) is 24.5 Å². The van der Waals surface area contributed by atoms with Crippen molar-refractivity contribution in [2.75, 3.05) is 13.1 Å². The molecule has 102 valence electrons. The van der Waals surface area contributed by atoms with E-state index in [1.807, 2.05) is 0 Å². The van der Waals surface area contributed by atoms with Crippen LogP contribution < -0.4 is 10.5 Å². The number of rotatable bonds is 4. The van der Waals surface area contributed by atoms with Crippen LogP contribution in [0.25, 0.3) is 0 Å². The number of nitrogens with one attached hydrogen (secondary N) is 1. The first-order chi connectivity index (χ1) is 9.03. The van der Waals surface area contributed by atoms with Crippen molar-refractivity contribution in [1.29, 1.82) is 0 Å². The zero-order valence-electron chi connectivity index (χ0n) is 10.8. The summed E-state index contributed by atoms with van der Waals surface area (Å²) in [5, 5.41) is 0. The highest BCUT2D eigenvalue weighted by Crippen LogP contribution is 2.37. The molecule has 2 rings (SSSR count). The highest BCUT2D eigenvalue weighted by Gasteiger charge is 2.33. The Kier molecular flexibility index (Phi) is 4.20. The van der Waals surface area contributed by atoms with E-state index in [1.165, 1.54) is 18.5 Å². The third-order valence-corrected chi connectivity index (χ3v) is 4.56. The maximum atomic E-state index is 12.1. The van der Waals surface area contributed by atoms with Crippen LogP contribution in [0.1, 0.15) is 18.9 Å². The van der Waals surface area contributed by atoms with E-state index in [1.54, 1.807) is 0 Å². The van der Waals surface area contributed by atoms with Crippen LogP contribution in [0.4, 0.5) is 0 Å². The van der Waals surface area contributed by atoms with Crippen molar-refractivity contribution in [2.45, 2.75) is 18.2 Å². The minimum Gasteiger partial charge on any atom is -0.320 e. The summed E-state index contributed by atoms with van der Waals surface area (Å²) in [6, 6.07) is 1.51. The second kappa shape index (κ2) is 5.70. The van der Waals surface area contributed by atoms with Gasteiger partial charge in [-0.25, -0.2) is 13.1 Å². The molecule has 1 saturated carbocycles. The van der Waals surface area contributed by atoms with Crippen LogP contribution in [0.3, 0.4) is 0 Å². The SMILES string of the molecule is CC1CC1CNS(=O)(=O)c1cncc(C#CCN)c1.